The first-order valence-electron chi connectivity index (χ1n) is 7.30. The van der Waals surface area contributed by atoms with Gasteiger partial charge >= 0.3 is 5.97 Å². The predicted octanol–water partition coefficient (Wildman–Crippen LogP) is 4.50. The number of carbonyl (C=O) groups excluding carboxylic acids is 1. The molecule has 3 aromatic rings. The van der Waals surface area contributed by atoms with E-state index in [1.165, 1.54) is 30.6 Å². The van der Waals surface area contributed by atoms with Gasteiger partial charge in [-0.25, -0.2) is 9.18 Å². The summed E-state index contributed by atoms with van der Waals surface area (Å²) in [7, 11) is 1.36. The number of hydrogen-bond acceptors (Lipinski definition) is 7. The van der Waals surface area contributed by atoms with Crippen molar-refractivity contribution in [2.24, 2.45) is 0 Å². The maximum Gasteiger partial charge on any atom is 0.337 e. The van der Waals surface area contributed by atoms with Crippen LogP contribution in [-0.4, -0.2) is 23.3 Å². The second-order valence-electron chi connectivity index (χ2n) is 4.99. The van der Waals surface area contributed by atoms with Gasteiger partial charge in [0.15, 0.2) is 4.34 Å². The van der Waals surface area contributed by atoms with Crippen LogP contribution in [0.25, 0.3) is 0 Å². The zero-order chi connectivity index (χ0) is 17.6. The number of nitrogens with zero attached hydrogens (tertiary/aromatic N) is 2. The highest BCUT2D eigenvalue weighted by atomic mass is 32.2. The molecule has 0 aliphatic heterocycles. The largest absolute Gasteiger partial charge is 0.465 e. The average Bonchev–Trinajstić information content (AvgIpc) is 3.07. The van der Waals surface area contributed by atoms with Crippen molar-refractivity contribution in [3.63, 3.8) is 0 Å². The molecule has 0 aliphatic rings. The lowest BCUT2D eigenvalue weighted by Crippen LogP contribution is -2.00. The number of halogens is 1. The first-order valence-corrected chi connectivity index (χ1v) is 9.10. The SMILES string of the molecule is COC(=O)c1ccc(CSc2nnc(Nc3cccc(F)c3)s2)cc1. The van der Waals surface area contributed by atoms with Crippen LogP contribution in [0, 0.1) is 5.82 Å². The third kappa shape index (κ3) is 4.77. The highest BCUT2D eigenvalue weighted by molar-refractivity contribution is 8.00. The number of rotatable bonds is 6. The number of nitrogens with one attached hydrogen (secondary N) is 1. The maximum atomic E-state index is 13.2. The molecule has 8 heteroatoms. The lowest BCUT2D eigenvalue weighted by molar-refractivity contribution is 0.0600. The Morgan fingerprint density at radius 1 is 1.24 bits per heavy atom. The number of carbonyl (C=O) groups is 1. The van der Waals surface area contributed by atoms with E-state index in [4.69, 9.17) is 0 Å². The van der Waals surface area contributed by atoms with E-state index in [1.54, 1.807) is 36.0 Å². The molecule has 0 fully saturated rings. The maximum absolute atomic E-state index is 13.2. The van der Waals surface area contributed by atoms with E-state index in [9.17, 15) is 9.18 Å². The lowest BCUT2D eigenvalue weighted by atomic mass is 10.1. The minimum absolute atomic E-state index is 0.306. The van der Waals surface area contributed by atoms with E-state index in [0.29, 0.717) is 22.1 Å². The molecule has 5 nitrogen and oxygen atoms in total. The highest BCUT2D eigenvalue weighted by Gasteiger charge is 2.08. The molecule has 0 radical (unpaired) electrons. The monoisotopic (exact) mass is 375 g/mol. The predicted molar refractivity (Wildman–Crippen MR) is 96.9 cm³/mol. The average molecular weight is 375 g/mol. The van der Waals surface area contributed by atoms with E-state index >= 15 is 0 Å². The normalized spacial score (nSPS) is 10.5. The molecular formula is C17H14FN3O2S2. The number of methoxy groups -OCH3 is 1. The molecule has 25 heavy (non-hydrogen) atoms. The Balaban J connectivity index is 1.57. The number of aromatic nitrogens is 2. The molecule has 0 spiro atoms. The molecule has 0 atom stereocenters. The van der Waals surface area contributed by atoms with Gasteiger partial charge in [-0.2, -0.15) is 0 Å². The van der Waals surface area contributed by atoms with Gasteiger partial charge in [0.2, 0.25) is 5.13 Å². The smallest absolute Gasteiger partial charge is 0.337 e. The van der Waals surface area contributed by atoms with Crippen LogP contribution in [0.3, 0.4) is 0 Å². The molecule has 128 valence electrons. The molecule has 1 N–H and O–H groups in total. The summed E-state index contributed by atoms with van der Waals surface area (Å²) < 4.78 is 18.7. The van der Waals surface area contributed by atoms with Crippen molar-refractivity contribution in [2.75, 3.05) is 12.4 Å². The Morgan fingerprint density at radius 3 is 2.76 bits per heavy atom. The third-order valence-corrected chi connectivity index (χ3v) is 5.26. The topological polar surface area (TPSA) is 64.1 Å². The molecule has 0 saturated carbocycles. The lowest BCUT2D eigenvalue weighted by Gasteiger charge is -2.02. The second-order valence-corrected chi connectivity index (χ2v) is 7.19. The van der Waals surface area contributed by atoms with Gasteiger partial charge in [0, 0.05) is 11.4 Å². The summed E-state index contributed by atoms with van der Waals surface area (Å²) in [6, 6.07) is 13.4. The highest BCUT2D eigenvalue weighted by Crippen LogP contribution is 2.30. The van der Waals surface area contributed by atoms with Crippen molar-refractivity contribution < 1.29 is 13.9 Å². The molecule has 2 aromatic carbocycles. The fourth-order valence-electron chi connectivity index (χ4n) is 2.01. The molecule has 1 heterocycles. The van der Waals surface area contributed by atoms with Crippen LogP contribution < -0.4 is 5.32 Å². The van der Waals surface area contributed by atoms with Crippen LogP contribution in [-0.2, 0) is 10.5 Å². The van der Waals surface area contributed by atoms with Crippen molar-refractivity contribution in [1.29, 1.82) is 0 Å². The van der Waals surface area contributed by atoms with E-state index in [2.05, 4.69) is 20.3 Å². The fourth-order valence-corrected chi connectivity index (χ4v) is 3.74. The summed E-state index contributed by atoms with van der Waals surface area (Å²) in [5, 5.41) is 11.8. The van der Waals surface area contributed by atoms with Crippen LogP contribution >= 0.6 is 23.1 Å². The Kier molecular flexibility index (Phi) is 5.62. The molecular weight excluding hydrogens is 361 g/mol. The van der Waals surface area contributed by atoms with Crippen molar-refractivity contribution in [1.82, 2.24) is 10.2 Å². The molecule has 1 aromatic heterocycles. The number of hydrogen-bond donors (Lipinski definition) is 1. The van der Waals surface area contributed by atoms with E-state index in [1.807, 2.05) is 12.1 Å². The zero-order valence-electron chi connectivity index (χ0n) is 13.2. The van der Waals surface area contributed by atoms with E-state index in [0.717, 1.165) is 9.90 Å². The minimum Gasteiger partial charge on any atom is -0.465 e. The molecule has 3 rings (SSSR count). The zero-order valence-corrected chi connectivity index (χ0v) is 14.9. The standard InChI is InChI=1S/C17H14FN3O2S2/c1-23-15(22)12-7-5-11(6-8-12)10-24-17-21-20-16(25-17)19-14-4-2-3-13(18)9-14/h2-9H,10H2,1H3,(H,19,20). The van der Waals surface area contributed by atoms with Crippen LogP contribution in [0.15, 0.2) is 52.9 Å². The van der Waals surface area contributed by atoms with Gasteiger partial charge in [-0.1, -0.05) is 41.3 Å². The summed E-state index contributed by atoms with van der Waals surface area (Å²) in [6.07, 6.45) is 0. The molecule has 0 aliphatic carbocycles. The fraction of sp³-hybridized carbons (Fsp3) is 0.118. The van der Waals surface area contributed by atoms with Gasteiger partial charge in [0.05, 0.1) is 12.7 Å². The quantitative estimate of drug-likeness (QED) is 0.505. The molecule has 0 amide bonds. The van der Waals surface area contributed by atoms with Gasteiger partial charge in [0.1, 0.15) is 5.82 Å². The number of ether oxygens (including phenoxy) is 1. The summed E-state index contributed by atoms with van der Waals surface area (Å²) in [6.45, 7) is 0. The van der Waals surface area contributed by atoms with Crippen molar-refractivity contribution in [3.05, 3.63) is 65.5 Å². The Bertz CT molecular complexity index is 868. The van der Waals surface area contributed by atoms with E-state index < -0.39 is 0 Å². The third-order valence-electron chi connectivity index (χ3n) is 3.22. The number of anilines is 2. The first-order chi connectivity index (χ1) is 12.1. The number of esters is 1. The Labute approximate surface area is 152 Å². The van der Waals surface area contributed by atoms with Gasteiger partial charge in [-0.15, -0.1) is 10.2 Å². The van der Waals surface area contributed by atoms with Crippen molar-refractivity contribution >= 4 is 39.9 Å². The summed E-state index contributed by atoms with van der Waals surface area (Å²) in [5.74, 6) is 0.0478. The van der Waals surface area contributed by atoms with Gasteiger partial charge in [-0.3, -0.25) is 0 Å². The van der Waals surface area contributed by atoms with Gasteiger partial charge < -0.3 is 10.1 Å². The molecule has 0 bridgehead atoms. The summed E-state index contributed by atoms with van der Waals surface area (Å²) >= 11 is 2.94. The number of thioether (sulfide) groups is 1. The van der Waals surface area contributed by atoms with Crippen molar-refractivity contribution in [3.8, 4) is 0 Å². The minimum atomic E-state index is -0.351. The van der Waals surface area contributed by atoms with Crippen LogP contribution in [0.5, 0.6) is 0 Å². The van der Waals surface area contributed by atoms with Gasteiger partial charge in [0.25, 0.3) is 0 Å². The molecule has 0 unspecified atom stereocenters. The van der Waals surface area contributed by atoms with Crippen LogP contribution in [0.1, 0.15) is 15.9 Å². The summed E-state index contributed by atoms with van der Waals surface area (Å²) in [5.41, 5.74) is 2.22. The summed E-state index contributed by atoms with van der Waals surface area (Å²) in [4.78, 5) is 11.4. The number of benzene rings is 2. The second kappa shape index (κ2) is 8.09. The van der Waals surface area contributed by atoms with Gasteiger partial charge in [-0.05, 0) is 35.9 Å². The van der Waals surface area contributed by atoms with Crippen LogP contribution in [0.2, 0.25) is 0 Å². The molecule has 0 saturated heterocycles. The Morgan fingerprint density at radius 2 is 2.04 bits per heavy atom. The van der Waals surface area contributed by atoms with Crippen molar-refractivity contribution in [2.45, 2.75) is 10.1 Å². The Hall–Kier alpha value is -2.45. The first kappa shape index (κ1) is 17.4. The van der Waals surface area contributed by atoms with Crippen LogP contribution in [0.4, 0.5) is 15.2 Å². The van der Waals surface area contributed by atoms with E-state index in [-0.39, 0.29) is 11.8 Å².